The lowest BCUT2D eigenvalue weighted by Crippen LogP contribution is -2.48. The quantitative estimate of drug-likeness (QED) is 0.358. The first kappa shape index (κ1) is 14.9. The molecule has 0 aliphatic heterocycles. The lowest BCUT2D eigenvalue weighted by Gasteiger charge is -2.27. The molecule has 1 atom stereocenters. The van der Waals surface area contributed by atoms with Crippen molar-refractivity contribution in [1.29, 1.82) is 0 Å². The van der Waals surface area contributed by atoms with Crippen molar-refractivity contribution in [3.05, 3.63) is 45.8 Å². The fraction of sp³-hybridized carbons (Fsp3) is 0.364. The van der Waals surface area contributed by atoms with Gasteiger partial charge in [0.05, 0.1) is 5.56 Å². The molecular weight excluding hydrogens is 258 g/mol. The van der Waals surface area contributed by atoms with Gasteiger partial charge in [-0.25, -0.2) is 13.6 Å². The van der Waals surface area contributed by atoms with E-state index in [1.165, 1.54) is 0 Å². The molecule has 8 heteroatoms. The molecule has 1 rings (SSSR count). The van der Waals surface area contributed by atoms with Crippen molar-refractivity contribution in [2.24, 2.45) is 5.11 Å². The number of hydrogen-bond acceptors (Lipinski definition) is 3. The second-order valence-corrected chi connectivity index (χ2v) is 3.91. The summed E-state index contributed by atoms with van der Waals surface area (Å²) in [4.78, 5) is 13.8. The van der Waals surface area contributed by atoms with Gasteiger partial charge in [-0.05, 0) is 24.6 Å². The highest BCUT2D eigenvalue weighted by Crippen LogP contribution is 2.26. The van der Waals surface area contributed by atoms with E-state index in [9.17, 15) is 18.7 Å². The highest BCUT2D eigenvalue weighted by atomic mass is 19.1. The van der Waals surface area contributed by atoms with E-state index < -0.39 is 28.7 Å². The fourth-order valence-electron chi connectivity index (χ4n) is 1.65. The van der Waals surface area contributed by atoms with Gasteiger partial charge in [0.1, 0.15) is 17.2 Å². The first-order valence-corrected chi connectivity index (χ1v) is 5.37. The van der Waals surface area contributed by atoms with Crippen LogP contribution in [0.2, 0.25) is 0 Å². The third kappa shape index (κ3) is 3.18. The number of carboxylic acid groups (broad SMARTS) is 1. The van der Waals surface area contributed by atoms with Crippen molar-refractivity contribution in [1.82, 2.24) is 5.32 Å². The Labute approximate surface area is 107 Å². The van der Waals surface area contributed by atoms with E-state index in [1.807, 2.05) is 0 Å². The van der Waals surface area contributed by atoms with Gasteiger partial charge in [0, 0.05) is 18.0 Å². The molecule has 102 valence electrons. The molecule has 1 aromatic carbocycles. The van der Waals surface area contributed by atoms with E-state index >= 15 is 0 Å². The lowest BCUT2D eigenvalue weighted by atomic mass is 9.91. The summed E-state index contributed by atoms with van der Waals surface area (Å²) in [5, 5.41) is 14.9. The van der Waals surface area contributed by atoms with Crippen LogP contribution < -0.4 is 5.32 Å². The van der Waals surface area contributed by atoms with Crippen LogP contribution >= 0.6 is 0 Å². The predicted molar refractivity (Wildman–Crippen MR) is 63.4 cm³/mol. The summed E-state index contributed by atoms with van der Waals surface area (Å²) in [5.41, 5.74) is 5.58. The van der Waals surface area contributed by atoms with Gasteiger partial charge in [0.15, 0.2) is 0 Å². The summed E-state index contributed by atoms with van der Waals surface area (Å²) < 4.78 is 27.3. The van der Waals surface area contributed by atoms with Gasteiger partial charge in [-0.2, -0.15) is 0 Å². The Morgan fingerprint density at radius 3 is 2.58 bits per heavy atom. The number of hydrogen-bond donors (Lipinski definition) is 2. The van der Waals surface area contributed by atoms with E-state index in [2.05, 4.69) is 15.3 Å². The molecule has 0 fully saturated rings. The largest absolute Gasteiger partial charge is 0.480 e. The Morgan fingerprint density at radius 2 is 2.11 bits per heavy atom. The van der Waals surface area contributed by atoms with Gasteiger partial charge in [-0.3, -0.25) is 5.32 Å². The fourth-order valence-corrected chi connectivity index (χ4v) is 1.65. The van der Waals surface area contributed by atoms with E-state index in [1.54, 1.807) is 0 Å². The Balaban J connectivity index is 3.11. The van der Waals surface area contributed by atoms with Crippen molar-refractivity contribution in [2.75, 3.05) is 13.1 Å². The minimum Gasteiger partial charge on any atom is -0.480 e. The number of azide groups is 1. The summed E-state index contributed by atoms with van der Waals surface area (Å²) in [5.74, 6) is -3.35. The Hall–Kier alpha value is -2.18. The van der Waals surface area contributed by atoms with Crippen LogP contribution in [0.25, 0.3) is 10.4 Å². The molecule has 0 heterocycles. The summed E-state index contributed by atoms with van der Waals surface area (Å²) in [7, 11) is 0. The Morgan fingerprint density at radius 1 is 1.53 bits per heavy atom. The van der Waals surface area contributed by atoms with E-state index in [0.717, 1.165) is 25.1 Å². The second-order valence-electron chi connectivity index (χ2n) is 3.91. The van der Waals surface area contributed by atoms with Crippen LogP contribution in [-0.4, -0.2) is 24.2 Å². The Kier molecular flexibility index (Phi) is 4.80. The van der Waals surface area contributed by atoms with Crippen LogP contribution in [0, 0.1) is 11.6 Å². The van der Waals surface area contributed by atoms with Crippen LogP contribution in [0.5, 0.6) is 0 Å². The molecule has 19 heavy (non-hydrogen) atoms. The van der Waals surface area contributed by atoms with Crippen LogP contribution in [0.4, 0.5) is 8.78 Å². The predicted octanol–water partition coefficient (Wildman–Crippen LogP) is 2.16. The Bertz CT molecular complexity index is 511. The maximum absolute atomic E-state index is 13.7. The molecule has 0 bridgehead atoms. The maximum atomic E-state index is 13.7. The van der Waals surface area contributed by atoms with Crippen LogP contribution in [0.15, 0.2) is 23.3 Å². The highest BCUT2D eigenvalue weighted by molar-refractivity contribution is 5.80. The summed E-state index contributed by atoms with van der Waals surface area (Å²) in [6.07, 6.45) is 0. The minimum atomic E-state index is -1.94. The van der Waals surface area contributed by atoms with Crippen LogP contribution in [0.3, 0.4) is 0 Å². The standard InChI is InChI=1S/C11H12F2N4O2/c1-11(10(18)19,15-5-6-16-17-14)9-7(12)3-2-4-8(9)13/h2-4,15H,5-6H2,1H3,(H,18,19). The molecule has 2 N–H and O–H groups in total. The average molecular weight is 270 g/mol. The van der Waals surface area contributed by atoms with Crippen LogP contribution in [-0.2, 0) is 10.3 Å². The molecule has 6 nitrogen and oxygen atoms in total. The second kappa shape index (κ2) is 6.12. The molecule has 1 unspecified atom stereocenters. The SMILES string of the molecule is CC(NCCN=[N+]=[N-])(C(=O)O)c1c(F)cccc1F. The zero-order valence-electron chi connectivity index (χ0n) is 10.1. The summed E-state index contributed by atoms with van der Waals surface area (Å²) >= 11 is 0. The maximum Gasteiger partial charge on any atom is 0.328 e. The van der Waals surface area contributed by atoms with Gasteiger partial charge >= 0.3 is 5.97 Å². The molecule has 0 radical (unpaired) electrons. The third-order valence-electron chi connectivity index (χ3n) is 2.64. The number of carbonyl (C=O) groups is 1. The average Bonchev–Trinajstić information content (AvgIpc) is 2.34. The van der Waals surface area contributed by atoms with E-state index in [-0.39, 0.29) is 13.1 Å². The zero-order valence-corrected chi connectivity index (χ0v) is 10.1. The minimum absolute atomic E-state index is 0.0271. The number of benzene rings is 1. The number of nitrogens with zero attached hydrogens (tertiary/aromatic N) is 3. The molecule has 0 amide bonds. The molecular formula is C11H12F2N4O2. The lowest BCUT2D eigenvalue weighted by molar-refractivity contribution is -0.144. The van der Waals surface area contributed by atoms with Gasteiger partial charge in [0.25, 0.3) is 0 Å². The molecule has 0 saturated heterocycles. The number of halogens is 2. The van der Waals surface area contributed by atoms with Gasteiger partial charge in [-0.15, -0.1) is 0 Å². The molecule has 1 aromatic rings. The number of aliphatic carboxylic acids is 1. The molecule has 0 spiro atoms. The smallest absolute Gasteiger partial charge is 0.328 e. The number of carboxylic acids is 1. The molecule has 0 saturated carbocycles. The van der Waals surface area contributed by atoms with Crippen molar-refractivity contribution < 1.29 is 18.7 Å². The monoisotopic (exact) mass is 270 g/mol. The van der Waals surface area contributed by atoms with E-state index in [0.29, 0.717) is 0 Å². The number of rotatable bonds is 6. The van der Waals surface area contributed by atoms with Crippen molar-refractivity contribution in [3.8, 4) is 0 Å². The normalized spacial score (nSPS) is 13.4. The van der Waals surface area contributed by atoms with Crippen LogP contribution in [0.1, 0.15) is 12.5 Å². The van der Waals surface area contributed by atoms with Crippen molar-refractivity contribution in [2.45, 2.75) is 12.5 Å². The van der Waals surface area contributed by atoms with Gasteiger partial charge in [0.2, 0.25) is 0 Å². The zero-order chi connectivity index (χ0) is 14.5. The first-order valence-electron chi connectivity index (χ1n) is 5.37. The highest BCUT2D eigenvalue weighted by Gasteiger charge is 2.39. The van der Waals surface area contributed by atoms with Crippen molar-refractivity contribution >= 4 is 5.97 Å². The van der Waals surface area contributed by atoms with Gasteiger partial charge < -0.3 is 5.11 Å². The topological polar surface area (TPSA) is 98.1 Å². The van der Waals surface area contributed by atoms with Crippen molar-refractivity contribution in [3.63, 3.8) is 0 Å². The first-order chi connectivity index (χ1) is 8.93. The third-order valence-corrected chi connectivity index (χ3v) is 2.64. The van der Waals surface area contributed by atoms with E-state index in [4.69, 9.17) is 5.53 Å². The summed E-state index contributed by atoms with van der Waals surface area (Å²) in [6, 6.07) is 3.11. The molecule has 0 aromatic heterocycles. The number of nitrogens with one attached hydrogen (secondary N) is 1. The summed E-state index contributed by atoms with van der Waals surface area (Å²) in [6.45, 7) is 1.09. The molecule has 0 aliphatic carbocycles. The van der Waals surface area contributed by atoms with Gasteiger partial charge in [-0.1, -0.05) is 11.2 Å². The molecule has 0 aliphatic rings.